The van der Waals surface area contributed by atoms with Crippen LogP contribution in [0.3, 0.4) is 0 Å². The second kappa shape index (κ2) is 9.03. The van der Waals surface area contributed by atoms with E-state index in [1.165, 1.54) is 11.8 Å². The topological polar surface area (TPSA) is 79.5 Å². The Morgan fingerprint density at radius 3 is 2.57 bits per heavy atom. The minimum atomic E-state index is -0.509. The summed E-state index contributed by atoms with van der Waals surface area (Å²) in [4.78, 5) is 33.3. The molecule has 0 radical (unpaired) electrons. The Balaban J connectivity index is 1.62. The molecule has 2 aromatic rings. The van der Waals surface area contributed by atoms with Crippen molar-refractivity contribution in [2.24, 2.45) is 5.73 Å². The molecular formula is C19H20Cl2N4O2S. The van der Waals surface area contributed by atoms with E-state index in [0.717, 1.165) is 4.90 Å². The van der Waals surface area contributed by atoms with Gasteiger partial charge in [0.2, 0.25) is 5.91 Å². The molecule has 2 amide bonds. The molecule has 2 N–H and O–H groups in total. The average molecular weight is 439 g/mol. The quantitative estimate of drug-likeness (QED) is 0.724. The molecule has 2 heterocycles. The van der Waals surface area contributed by atoms with E-state index in [1.807, 2.05) is 16.7 Å². The summed E-state index contributed by atoms with van der Waals surface area (Å²) in [6.07, 6.45) is 1.63. The Kier molecular flexibility index (Phi) is 6.69. The molecule has 1 aliphatic heterocycles. The molecule has 1 unspecified atom stereocenters. The van der Waals surface area contributed by atoms with Crippen molar-refractivity contribution in [2.45, 2.75) is 17.1 Å². The zero-order valence-corrected chi connectivity index (χ0v) is 17.6. The number of benzene rings is 1. The number of primary amides is 1. The highest BCUT2D eigenvalue weighted by Crippen LogP contribution is 2.33. The third kappa shape index (κ3) is 4.71. The van der Waals surface area contributed by atoms with E-state index in [4.69, 9.17) is 28.9 Å². The number of rotatable bonds is 5. The summed E-state index contributed by atoms with van der Waals surface area (Å²) < 4.78 is 0. The number of pyridine rings is 1. The number of hydrogen-bond acceptors (Lipinski definition) is 5. The van der Waals surface area contributed by atoms with Crippen LogP contribution < -0.4 is 10.6 Å². The third-order valence-electron chi connectivity index (χ3n) is 4.49. The molecule has 1 aromatic carbocycles. The van der Waals surface area contributed by atoms with E-state index in [9.17, 15) is 9.59 Å². The molecule has 1 aromatic heterocycles. The fraction of sp³-hybridized carbons (Fsp3) is 0.316. The molecule has 1 saturated heterocycles. The number of amides is 2. The minimum absolute atomic E-state index is 0.0387. The van der Waals surface area contributed by atoms with Gasteiger partial charge in [0.25, 0.3) is 5.91 Å². The number of halogens is 2. The Hall–Kier alpha value is -1.96. The summed E-state index contributed by atoms with van der Waals surface area (Å²) in [6.45, 7) is 4.11. The van der Waals surface area contributed by atoms with Crippen LogP contribution in [0.5, 0.6) is 0 Å². The molecular weight excluding hydrogens is 419 g/mol. The van der Waals surface area contributed by atoms with E-state index in [0.29, 0.717) is 47.6 Å². The molecule has 0 saturated carbocycles. The van der Waals surface area contributed by atoms with Gasteiger partial charge < -0.3 is 15.5 Å². The van der Waals surface area contributed by atoms with Crippen molar-refractivity contribution in [3.05, 3.63) is 52.1 Å². The van der Waals surface area contributed by atoms with Gasteiger partial charge in [0.1, 0.15) is 5.82 Å². The molecule has 0 aliphatic carbocycles. The van der Waals surface area contributed by atoms with Crippen molar-refractivity contribution in [3.63, 3.8) is 0 Å². The van der Waals surface area contributed by atoms with Gasteiger partial charge in [-0.3, -0.25) is 9.59 Å². The van der Waals surface area contributed by atoms with Crippen LogP contribution in [0.4, 0.5) is 5.82 Å². The van der Waals surface area contributed by atoms with Gasteiger partial charge in [-0.05, 0) is 37.3 Å². The number of aromatic nitrogens is 1. The predicted molar refractivity (Wildman–Crippen MR) is 113 cm³/mol. The zero-order valence-electron chi connectivity index (χ0n) is 15.3. The van der Waals surface area contributed by atoms with E-state index in [2.05, 4.69) is 4.98 Å². The van der Waals surface area contributed by atoms with Crippen LogP contribution in [0.15, 0.2) is 41.4 Å². The van der Waals surface area contributed by atoms with Crippen molar-refractivity contribution in [1.82, 2.24) is 9.88 Å². The van der Waals surface area contributed by atoms with Crippen LogP contribution >= 0.6 is 35.0 Å². The Morgan fingerprint density at radius 1 is 1.18 bits per heavy atom. The number of piperazine rings is 1. The smallest absolute Gasteiger partial charge is 0.252 e. The standard InChI is InChI=1S/C19H20Cl2N4O2S/c1-12(28-16-11-13(20)4-5-15(16)21)19(27)25-9-7-24(8-10-25)18-14(17(22)26)3-2-6-23-18/h2-6,11-12H,7-10H2,1H3,(H2,22,26). The SMILES string of the molecule is CC(Sc1cc(Cl)ccc1Cl)C(=O)N1CCN(c2ncccc2C(N)=O)CC1. The first-order valence-electron chi connectivity index (χ1n) is 8.77. The predicted octanol–water partition coefficient (Wildman–Crippen LogP) is 3.32. The van der Waals surface area contributed by atoms with Gasteiger partial charge in [0, 0.05) is 42.3 Å². The summed E-state index contributed by atoms with van der Waals surface area (Å²) in [5.74, 6) is 0.0945. The molecule has 3 rings (SSSR count). The number of nitrogens with zero attached hydrogens (tertiary/aromatic N) is 3. The van der Waals surface area contributed by atoms with Crippen LogP contribution in [0, 0.1) is 0 Å². The van der Waals surface area contributed by atoms with Crippen molar-refractivity contribution >= 4 is 52.6 Å². The van der Waals surface area contributed by atoms with E-state index in [-0.39, 0.29) is 11.2 Å². The van der Waals surface area contributed by atoms with Gasteiger partial charge in [0.05, 0.1) is 15.8 Å². The molecule has 1 atom stereocenters. The number of carbonyl (C=O) groups is 2. The molecule has 1 aliphatic rings. The Bertz CT molecular complexity index is 888. The maximum absolute atomic E-state index is 12.8. The normalized spacial score (nSPS) is 15.4. The maximum atomic E-state index is 12.8. The summed E-state index contributed by atoms with van der Waals surface area (Å²) in [5.41, 5.74) is 5.83. The lowest BCUT2D eigenvalue weighted by atomic mass is 10.2. The molecule has 148 valence electrons. The molecule has 1 fully saturated rings. The van der Waals surface area contributed by atoms with Gasteiger partial charge in [-0.15, -0.1) is 11.8 Å². The average Bonchev–Trinajstić information content (AvgIpc) is 2.70. The summed E-state index contributed by atoms with van der Waals surface area (Å²) in [5, 5.41) is 0.868. The first-order chi connectivity index (χ1) is 13.4. The highest BCUT2D eigenvalue weighted by molar-refractivity contribution is 8.00. The molecule has 0 bridgehead atoms. The van der Waals surface area contributed by atoms with Crippen molar-refractivity contribution in [2.75, 3.05) is 31.1 Å². The number of carbonyl (C=O) groups excluding carboxylic acids is 2. The Morgan fingerprint density at radius 2 is 1.89 bits per heavy atom. The van der Waals surface area contributed by atoms with E-state index >= 15 is 0 Å². The molecule has 0 spiro atoms. The molecule has 9 heteroatoms. The largest absolute Gasteiger partial charge is 0.365 e. The number of anilines is 1. The van der Waals surface area contributed by atoms with Crippen LogP contribution in [0.25, 0.3) is 0 Å². The first kappa shape index (κ1) is 20.8. The fourth-order valence-corrected chi connectivity index (χ4v) is 4.54. The Labute approximate surface area is 178 Å². The van der Waals surface area contributed by atoms with Crippen LogP contribution in [-0.4, -0.2) is 53.1 Å². The van der Waals surface area contributed by atoms with Gasteiger partial charge in [-0.25, -0.2) is 4.98 Å². The van der Waals surface area contributed by atoms with Crippen LogP contribution in [-0.2, 0) is 4.79 Å². The second-order valence-electron chi connectivity index (χ2n) is 6.39. The second-order valence-corrected chi connectivity index (χ2v) is 8.61. The lowest BCUT2D eigenvalue weighted by Gasteiger charge is -2.37. The summed E-state index contributed by atoms with van der Waals surface area (Å²) >= 11 is 13.6. The highest BCUT2D eigenvalue weighted by atomic mass is 35.5. The zero-order chi connectivity index (χ0) is 20.3. The third-order valence-corrected chi connectivity index (χ3v) is 6.31. The monoisotopic (exact) mass is 438 g/mol. The minimum Gasteiger partial charge on any atom is -0.365 e. The summed E-state index contributed by atoms with van der Waals surface area (Å²) in [7, 11) is 0. The fourth-order valence-electron chi connectivity index (χ4n) is 3.05. The highest BCUT2D eigenvalue weighted by Gasteiger charge is 2.27. The first-order valence-corrected chi connectivity index (χ1v) is 10.4. The van der Waals surface area contributed by atoms with Crippen LogP contribution in [0.2, 0.25) is 10.0 Å². The lowest BCUT2D eigenvalue weighted by Crippen LogP contribution is -2.51. The van der Waals surface area contributed by atoms with Gasteiger partial charge in [0.15, 0.2) is 0 Å². The van der Waals surface area contributed by atoms with Gasteiger partial charge in [-0.1, -0.05) is 23.2 Å². The molecule has 6 nitrogen and oxygen atoms in total. The maximum Gasteiger partial charge on any atom is 0.252 e. The molecule has 28 heavy (non-hydrogen) atoms. The summed E-state index contributed by atoms with van der Waals surface area (Å²) in [6, 6.07) is 8.56. The number of hydrogen-bond donors (Lipinski definition) is 1. The van der Waals surface area contributed by atoms with Crippen molar-refractivity contribution in [3.8, 4) is 0 Å². The van der Waals surface area contributed by atoms with E-state index in [1.54, 1.807) is 36.5 Å². The van der Waals surface area contributed by atoms with Crippen molar-refractivity contribution < 1.29 is 9.59 Å². The van der Waals surface area contributed by atoms with Crippen LogP contribution in [0.1, 0.15) is 17.3 Å². The van der Waals surface area contributed by atoms with Crippen molar-refractivity contribution in [1.29, 1.82) is 0 Å². The number of thioether (sulfide) groups is 1. The lowest BCUT2D eigenvalue weighted by molar-refractivity contribution is -0.130. The number of nitrogens with two attached hydrogens (primary N) is 1. The van der Waals surface area contributed by atoms with Gasteiger partial charge in [-0.2, -0.15) is 0 Å². The van der Waals surface area contributed by atoms with Gasteiger partial charge >= 0.3 is 0 Å². The van der Waals surface area contributed by atoms with E-state index < -0.39 is 5.91 Å².